The van der Waals surface area contributed by atoms with Crippen molar-refractivity contribution in [1.29, 1.82) is 0 Å². The second-order valence-electron chi connectivity index (χ2n) is 7.23. The molecule has 5 rings (SSSR count). The largest absolute Gasteiger partial charge is 0.471 e. The smallest absolute Gasteiger partial charge is 0.182 e. The van der Waals surface area contributed by atoms with Crippen molar-refractivity contribution in [3.63, 3.8) is 0 Å². The fourth-order valence-corrected chi connectivity index (χ4v) is 4.27. The average molecular weight is 379 g/mol. The molecule has 2 fully saturated rings. The van der Waals surface area contributed by atoms with Crippen LogP contribution in [0.4, 0.5) is 5.82 Å². The van der Waals surface area contributed by atoms with E-state index in [1.54, 1.807) is 11.7 Å². The Kier molecular flexibility index (Phi) is 4.06. The average Bonchev–Trinajstić information content (AvgIpc) is 3.29. The number of aromatic amines is 1. The van der Waals surface area contributed by atoms with Gasteiger partial charge in [0.05, 0.1) is 5.39 Å². The lowest BCUT2D eigenvalue weighted by molar-refractivity contribution is 0.0261. The minimum atomic E-state index is -0.190. The Morgan fingerprint density at radius 3 is 2.78 bits per heavy atom. The molecule has 138 valence electrons. The first-order valence-corrected chi connectivity index (χ1v) is 9.73. The van der Waals surface area contributed by atoms with Crippen molar-refractivity contribution >= 4 is 34.4 Å². The predicted molar refractivity (Wildman–Crippen MR) is 109 cm³/mol. The molecule has 6 nitrogen and oxygen atoms in total. The highest BCUT2D eigenvalue weighted by molar-refractivity contribution is 7.79. The van der Waals surface area contributed by atoms with Crippen LogP contribution in [0.3, 0.4) is 0 Å². The van der Waals surface area contributed by atoms with Gasteiger partial charge in [-0.25, -0.2) is 9.97 Å². The number of piperazine rings is 1. The summed E-state index contributed by atoms with van der Waals surface area (Å²) in [5.41, 5.74) is 0.997. The van der Waals surface area contributed by atoms with Crippen LogP contribution in [-0.2, 0) is 0 Å². The number of hydrogen-bond acceptors (Lipinski definition) is 6. The Bertz CT molecular complexity index is 955. The van der Waals surface area contributed by atoms with Crippen molar-refractivity contribution in [3.8, 4) is 5.75 Å². The zero-order valence-electron chi connectivity index (χ0n) is 14.9. The minimum absolute atomic E-state index is 0.112. The van der Waals surface area contributed by atoms with Crippen LogP contribution >= 0.6 is 12.2 Å². The van der Waals surface area contributed by atoms with Gasteiger partial charge in [0.15, 0.2) is 6.23 Å². The van der Waals surface area contributed by atoms with E-state index in [2.05, 4.69) is 30.8 Å². The van der Waals surface area contributed by atoms with Crippen LogP contribution in [0.25, 0.3) is 11.0 Å². The maximum absolute atomic E-state index is 6.19. The number of rotatable bonds is 5. The fourth-order valence-electron chi connectivity index (χ4n) is 4.07. The summed E-state index contributed by atoms with van der Waals surface area (Å²) in [6.45, 7) is 2.71. The van der Waals surface area contributed by atoms with Gasteiger partial charge in [0.25, 0.3) is 0 Å². The van der Waals surface area contributed by atoms with Crippen LogP contribution in [0.15, 0.2) is 48.9 Å². The molecule has 1 saturated heterocycles. The predicted octanol–water partition coefficient (Wildman–Crippen LogP) is 3.02. The fraction of sp³-hybridized carbons (Fsp3) is 0.350. The molecular weight excluding hydrogens is 358 g/mol. The van der Waals surface area contributed by atoms with E-state index in [1.807, 2.05) is 36.5 Å². The number of nitrogens with zero attached hydrogens (tertiary/aromatic N) is 4. The molecule has 1 aliphatic heterocycles. The van der Waals surface area contributed by atoms with Crippen molar-refractivity contribution in [2.75, 3.05) is 24.5 Å². The van der Waals surface area contributed by atoms with Gasteiger partial charge >= 0.3 is 0 Å². The van der Waals surface area contributed by atoms with E-state index in [4.69, 9.17) is 17.0 Å². The number of H-pyrrole nitrogens is 1. The molecule has 1 unspecified atom stereocenters. The number of anilines is 1. The first kappa shape index (κ1) is 16.6. The van der Waals surface area contributed by atoms with Gasteiger partial charge in [-0.3, -0.25) is 4.90 Å². The van der Waals surface area contributed by atoms with Gasteiger partial charge in [0.2, 0.25) is 0 Å². The summed E-state index contributed by atoms with van der Waals surface area (Å²) < 4.78 is 6.19. The topological polar surface area (TPSA) is 57.3 Å². The number of ether oxygens (including phenoxy) is 1. The quantitative estimate of drug-likeness (QED) is 0.688. The van der Waals surface area contributed by atoms with Gasteiger partial charge in [-0.2, -0.15) is 0 Å². The number of nitrogens with one attached hydrogen (secondary N) is 1. The third-order valence-electron chi connectivity index (χ3n) is 5.59. The molecular formula is C20H21N5OS. The Morgan fingerprint density at radius 1 is 1.15 bits per heavy atom. The van der Waals surface area contributed by atoms with E-state index in [-0.39, 0.29) is 11.8 Å². The van der Waals surface area contributed by atoms with E-state index in [0.29, 0.717) is 0 Å². The van der Waals surface area contributed by atoms with Crippen LogP contribution in [0.1, 0.15) is 12.8 Å². The Morgan fingerprint density at radius 2 is 2.00 bits per heavy atom. The second kappa shape index (κ2) is 6.58. The highest BCUT2D eigenvalue weighted by Gasteiger charge is 2.54. The van der Waals surface area contributed by atoms with Crippen molar-refractivity contribution in [3.05, 3.63) is 48.9 Å². The molecule has 1 aromatic carbocycles. The molecule has 27 heavy (non-hydrogen) atoms. The molecule has 1 N–H and O–H groups in total. The maximum Gasteiger partial charge on any atom is 0.182 e. The number of aromatic nitrogens is 3. The summed E-state index contributed by atoms with van der Waals surface area (Å²) in [5, 5.41) is 2.83. The van der Waals surface area contributed by atoms with Crippen molar-refractivity contribution in [1.82, 2.24) is 19.9 Å². The van der Waals surface area contributed by atoms with Crippen molar-refractivity contribution in [2.45, 2.75) is 24.6 Å². The second-order valence-corrected chi connectivity index (χ2v) is 7.51. The van der Waals surface area contributed by atoms with Crippen LogP contribution in [0.2, 0.25) is 0 Å². The molecule has 1 spiro atoms. The SMILES string of the molecule is S=CC(Oc1ccccc1)N1CCN(c2ncnc3[nH]ccc23)CC12CC2. The zero-order valence-corrected chi connectivity index (χ0v) is 15.7. The summed E-state index contributed by atoms with van der Waals surface area (Å²) in [4.78, 5) is 16.9. The molecule has 0 amide bonds. The maximum atomic E-state index is 6.19. The monoisotopic (exact) mass is 379 g/mol. The van der Waals surface area contributed by atoms with Gasteiger partial charge < -0.3 is 14.6 Å². The summed E-state index contributed by atoms with van der Waals surface area (Å²) in [5.74, 6) is 1.86. The standard InChI is InChI=1S/C20H21N5OS/c27-12-17(26-15-4-2-1-3-5-15)25-11-10-24(13-20(25)7-8-20)19-16-6-9-21-18(16)22-14-23-19/h1-6,9,12,14,17H,7-8,10-11,13H2,(H,21,22,23). The van der Waals surface area contributed by atoms with Crippen LogP contribution in [0, 0.1) is 0 Å². The number of para-hydroxylation sites is 1. The molecule has 3 aromatic rings. The molecule has 2 aliphatic rings. The first-order chi connectivity index (χ1) is 13.3. The van der Waals surface area contributed by atoms with E-state index in [9.17, 15) is 0 Å². The molecule has 0 radical (unpaired) electrons. The lowest BCUT2D eigenvalue weighted by atomic mass is 10.1. The molecule has 3 heterocycles. The minimum Gasteiger partial charge on any atom is -0.471 e. The molecule has 7 heteroatoms. The molecule has 2 aromatic heterocycles. The van der Waals surface area contributed by atoms with Gasteiger partial charge in [0.1, 0.15) is 23.5 Å². The van der Waals surface area contributed by atoms with Crippen LogP contribution in [0.5, 0.6) is 5.75 Å². The van der Waals surface area contributed by atoms with Crippen molar-refractivity contribution in [2.24, 2.45) is 0 Å². The highest BCUT2D eigenvalue weighted by Crippen LogP contribution is 2.46. The molecule has 1 atom stereocenters. The summed E-state index contributed by atoms with van der Waals surface area (Å²) in [7, 11) is 0. The number of benzene rings is 1. The summed E-state index contributed by atoms with van der Waals surface area (Å²) in [6, 6.07) is 12.0. The lowest BCUT2D eigenvalue weighted by Gasteiger charge is -2.45. The summed E-state index contributed by atoms with van der Waals surface area (Å²) in [6.07, 6.45) is 5.68. The van der Waals surface area contributed by atoms with Gasteiger partial charge in [-0.15, -0.1) is 0 Å². The lowest BCUT2D eigenvalue weighted by Crippen LogP contribution is -2.60. The Balaban J connectivity index is 1.38. The van der Waals surface area contributed by atoms with E-state index in [1.165, 1.54) is 0 Å². The van der Waals surface area contributed by atoms with Crippen molar-refractivity contribution < 1.29 is 4.74 Å². The van der Waals surface area contributed by atoms with E-state index in [0.717, 1.165) is 55.1 Å². The third-order valence-corrected chi connectivity index (χ3v) is 5.82. The number of hydrogen-bond donors (Lipinski definition) is 1. The molecule has 0 bridgehead atoms. The van der Waals surface area contributed by atoms with Crippen LogP contribution in [-0.4, -0.2) is 56.6 Å². The normalized spacial score (nSPS) is 19.9. The summed E-state index contributed by atoms with van der Waals surface area (Å²) >= 11 is 5.33. The van der Waals surface area contributed by atoms with Gasteiger partial charge in [-0.1, -0.05) is 30.4 Å². The zero-order chi connectivity index (χ0) is 18.3. The van der Waals surface area contributed by atoms with E-state index >= 15 is 0 Å². The van der Waals surface area contributed by atoms with E-state index < -0.39 is 0 Å². The van der Waals surface area contributed by atoms with Gasteiger partial charge in [-0.05, 0) is 31.0 Å². The third kappa shape index (κ3) is 2.96. The number of thiocarbonyl (C=S) groups is 1. The van der Waals surface area contributed by atoms with Crippen LogP contribution < -0.4 is 9.64 Å². The first-order valence-electron chi connectivity index (χ1n) is 9.26. The molecule has 1 aliphatic carbocycles. The molecule has 1 saturated carbocycles. The number of fused-ring (bicyclic) bond motifs is 1. The Labute approximate surface area is 163 Å². The van der Waals surface area contributed by atoms with Gasteiger partial charge in [0, 0.05) is 36.7 Å². The highest BCUT2D eigenvalue weighted by atomic mass is 32.1. The Hall–Kier alpha value is -2.51.